The Morgan fingerprint density at radius 2 is 2.14 bits per heavy atom. The Hall–Kier alpha value is -1.86. The summed E-state index contributed by atoms with van der Waals surface area (Å²) < 4.78 is 5.47. The third-order valence-electron chi connectivity index (χ3n) is 2.99. The number of hydrogen-bond acceptors (Lipinski definition) is 5. The lowest BCUT2D eigenvalue weighted by atomic mass is 10.2. The number of aliphatic carboxylic acids is 1. The molecule has 1 fully saturated rings. The van der Waals surface area contributed by atoms with E-state index >= 15 is 0 Å². The van der Waals surface area contributed by atoms with Crippen LogP contribution in [0.3, 0.4) is 0 Å². The Kier molecular flexibility index (Phi) is 4.64. The van der Waals surface area contributed by atoms with Crippen LogP contribution in [0.5, 0.6) is 5.75 Å². The second-order valence-electron chi connectivity index (χ2n) is 4.31. The first kappa shape index (κ1) is 15.5. The van der Waals surface area contributed by atoms with Gasteiger partial charge >= 0.3 is 5.97 Å². The molecular formula is C14H13NO4S2. The van der Waals surface area contributed by atoms with Gasteiger partial charge < -0.3 is 9.84 Å². The van der Waals surface area contributed by atoms with Gasteiger partial charge in [0.05, 0.1) is 12.0 Å². The van der Waals surface area contributed by atoms with Crippen LogP contribution in [0.2, 0.25) is 0 Å². The minimum Gasteiger partial charge on any atom is -0.496 e. The van der Waals surface area contributed by atoms with E-state index in [9.17, 15) is 9.59 Å². The summed E-state index contributed by atoms with van der Waals surface area (Å²) in [6.07, 6.45) is 1.66. The predicted octanol–water partition coefficient (Wildman–Crippen LogP) is 2.37. The fraction of sp³-hybridized carbons (Fsp3) is 0.214. The quantitative estimate of drug-likeness (QED) is 0.678. The van der Waals surface area contributed by atoms with Crippen molar-refractivity contribution in [3.63, 3.8) is 0 Å². The van der Waals surface area contributed by atoms with E-state index < -0.39 is 17.9 Å². The van der Waals surface area contributed by atoms with E-state index in [0.717, 1.165) is 22.2 Å². The van der Waals surface area contributed by atoms with E-state index in [1.807, 2.05) is 18.2 Å². The molecular weight excluding hydrogens is 310 g/mol. The molecule has 5 nitrogen and oxygen atoms in total. The molecule has 7 heteroatoms. The molecule has 0 radical (unpaired) electrons. The summed E-state index contributed by atoms with van der Waals surface area (Å²) in [5.74, 6) is -0.857. The zero-order valence-corrected chi connectivity index (χ0v) is 13.0. The molecule has 110 valence electrons. The van der Waals surface area contributed by atoms with Crippen LogP contribution in [0.4, 0.5) is 0 Å². The van der Waals surface area contributed by atoms with Crippen LogP contribution in [0.25, 0.3) is 6.08 Å². The molecule has 0 aromatic heterocycles. The molecule has 1 heterocycles. The minimum atomic E-state index is -1.09. The van der Waals surface area contributed by atoms with Crippen molar-refractivity contribution in [3.05, 3.63) is 34.7 Å². The van der Waals surface area contributed by atoms with E-state index in [2.05, 4.69) is 0 Å². The molecule has 1 atom stereocenters. The Morgan fingerprint density at radius 1 is 1.48 bits per heavy atom. The number of hydrogen-bond donors (Lipinski definition) is 1. The van der Waals surface area contributed by atoms with Gasteiger partial charge in [0.25, 0.3) is 5.91 Å². The van der Waals surface area contributed by atoms with Gasteiger partial charge in [0.2, 0.25) is 0 Å². The Morgan fingerprint density at radius 3 is 2.76 bits per heavy atom. The summed E-state index contributed by atoms with van der Waals surface area (Å²) in [4.78, 5) is 24.9. The fourth-order valence-electron chi connectivity index (χ4n) is 1.85. The van der Waals surface area contributed by atoms with Gasteiger partial charge in [0.1, 0.15) is 16.1 Å². The Bertz CT molecular complexity index is 642. The number of para-hydroxylation sites is 1. The molecule has 1 amide bonds. The molecule has 1 N–H and O–H groups in total. The highest BCUT2D eigenvalue weighted by molar-refractivity contribution is 8.26. The van der Waals surface area contributed by atoms with E-state index in [1.165, 1.54) is 6.92 Å². The third kappa shape index (κ3) is 3.08. The van der Waals surface area contributed by atoms with Crippen LogP contribution < -0.4 is 4.74 Å². The van der Waals surface area contributed by atoms with E-state index in [1.54, 1.807) is 19.3 Å². The van der Waals surface area contributed by atoms with E-state index in [4.69, 9.17) is 22.1 Å². The molecule has 0 aliphatic carbocycles. The molecule has 1 saturated heterocycles. The molecule has 0 bridgehead atoms. The van der Waals surface area contributed by atoms with Gasteiger partial charge in [-0.25, -0.2) is 4.79 Å². The summed E-state index contributed by atoms with van der Waals surface area (Å²) >= 11 is 6.19. The number of amides is 1. The van der Waals surface area contributed by atoms with Crippen molar-refractivity contribution in [1.29, 1.82) is 0 Å². The fourth-order valence-corrected chi connectivity index (χ4v) is 3.26. The minimum absolute atomic E-state index is 0.246. The summed E-state index contributed by atoms with van der Waals surface area (Å²) in [5.41, 5.74) is 0.739. The zero-order valence-electron chi connectivity index (χ0n) is 11.4. The van der Waals surface area contributed by atoms with Crippen molar-refractivity contribution in [2.45, 2.75) is 13.0 Å². The Balaban J connectivity index is 2.34. The van der Waals surface area contributed by atoms with Crippen molar-refractivity contribution in [1.82, 2.24) is 4.90 Å². The standard InChI is InChI=1S/C14H13NO4S2/c1-8(13(17)18)15-12(16)11(21-14(15)20)7-9-5-3-4-6-10(9)19-2/h3-8H,1-2H3,(H,17,18)/b11-7-/t8-/m1/s1. The van der Waals surface area contributed by atoms with E-state index in [0.29, 0.717) is 10.7 Å². The van der Waals surface area contributed by atoms with Gasteiger partial charge in [-0.05, 0) is 19.1 Å². The van der Waals surface area contributed by atoms with Gasteiger partial charge in [0, 0.05) is 5.56 Å². The molecule has 1 aliphatic rings. The average molecular weight is 323 g/mol. The smallest absolute Gasteiger partial charge is 0.326 e. The first-order valence-corrected chi connectivity index (χ1v) is 7.31. The van der Waals surface area contributed by atoms with Crippen molar-refractivity contribution in [3.8, 4) is 5.75 Å². The monoisotopic (exact) mass is 323 g/mol. The largest absolute Gasteiger partial charge is 0.496 e. The second-order valence-corrected chi connectivity index (χ2v) is 5.98. The van der Waals surface area contributed by atoms with Crippen molar-refractivity contribution in [2.24, 2.45) is 0 Å². The molecule has 1 aromatic carbocycles. The number of nitrogens with zero attached hydrogens (tertiary/aromatic N) is 1. The average Bonchev–Trinajstić information content (AvgIpc) is 2.73. The van der Waals surface area contributed by atoms with Crippen molar-refractivity contribution in [2.75, 3.05) is 7.11 Å². The lowest BCUT2D eigenvalue weighted by Gasteiger charge is -2.18. The number of methoxy groups -OCH3 is 1. The maximum absolute atomic E-state index is 12.3. The van der Waals surface area contributed by atoms with Crippen LogP contribution in [0.1, 0.15) is 12.5 Å². The maximum Gasteiger partial charge on any atom is 0.326 e. The van der Waals surface area contributed by atoms with Crippen LogP contribution in [0, 0.1) is 0 Å². The number of carboxylic acid groups (broad SMARTS) is 1. The normalized spacial score (nSPS) is 18.2. The lowest BCUT2D eigenvalue weighted by molar-refractivity contribution is -0.144. The predicted molar refractivity (Wildman–Crippen MR) is 85.1 cm³/mol. The molecule has 0 unspecified atom stereocenters. The number of thiocarbonyl (C=S) groups is 1. The number of benzene rings is 1. The molecule has 1 aromatic rings. The number of ether oxygens (including phenoxy) is 1. The summed E-state index contributed by atoms with van der Waals surface area (Å²) in [6.45, 7) is 1.43. The highest BCUT2D eigenvalue weighted by Crippen LogP contribution is 2.35. The van der Waals surface area contributed by atoms with Gasteiger partial charge in [-0.3, -0.25) is 9.69 Å². The number of carbonyl (C=O) groups excluding carboxylic acids is 1. The number of rotatable bonds is 4. The number of thioether (sulfide) groups is 1. The first-order valence-electron chi connectivity index (χ1n) is 6.08. The zero-order chi connectivity index (χ0) is 15.6. The second kappa shape index (κ2) is 6.28. The summed E-state index contributed by atoms with van der Waals surface area (Å²) in [5, 5.41) is 9.03. The lowest BCUT2D eigenvalue weighted by Crippen LogP contribution is -2.41. The van der Waals surface area contributed by atoms with Gasteiger partial charge in [-0.1, -0.05) is 42.2 Å². The number of carboxylic acids is 1. The molecule has 2 rings (SSSR count). The van der Waals surface area contributed by atoms with Crippen LogP contribution in [-0.4, -0.2) is 39.4 Å². The third-order valence-corrected chi connectivity index (χ3v) is 4.32. The van der Waals surface area contributed by atoms with Gasteiger partial charge in [0.15, 0.2) is 0 Å². The number of carbonyl (C=O) groups is 2. The van der Waals surface area contributed by atoms with Crippen LogP contribution in [-0.2, 0) is 9.59 Å². The summed E-state index contributed by atoms with van der Waals surface area (Å²) in [7, 11) is 1.55. The van der Waals surface area contributed by atoms with E-state index in [-0.39, 0.29) is 4.32 Å². The van der Waals surface area contributed by atoms with Crippen molar-refractivity contribution < 1.29 is 19.4 Å². The van der Waals surface area contributed by atoms with Crippen LogP contribution in [0.15, 0.2) is 29.2 Å². The topological polar surface area (TPSA) is 66.8 Å². The van der Waals surface area contributed by atoms with Gasteiger partial charge in [-0.2, -0.15) is 0 Å². The van der Waals surface area contributed by atoms with Crippen LogP contribution >= 0.6 is 24.0 Å². The Labute approximate surface area is 131 Å². The first-order chi connectivity index (χ1) is 9.95. The SMILES string of the molecule is COc1ccccc1/C=C1\SC(=S)N([C@H](C)C(=O)O)C1=O. The molecule has 0 spiro atoms. The van der Waals surface area contributed by atoms with Gasteiger partial charge in [-0.15, -0.1) is 0 Å². The van der Waals surface area contributed by atoms with Crippen molar-refractivity contribution >= 4 is 46.3 Å². The maximum atomic E-state index is 12.3. The molecule has 0 saturated carbocycles. The molecule has 1 aliphatic heterocycles. The molecule has 21 heavy (non-hydrogen) atoms. The highest BCUT2D eigenvalue weighted by Gasteiger charge is 2.38. The highest BCUT2D eigenvalue weighted by atomic mass is 32.2. The summed E-state index contributed by atoms with van der Waals surface area (Å²) in [6, 6.07) is 6.27.